The molecule has 19 heavy (non-hydrogen) atoms. The van der Waals surface area contributed by atoms with Gasteiger partial charge < -0.3 is 4.74 Å². The molecule has 1 heterocycles. The lowest BCUT2D eigenvalue weighted by Gasteiger charge is -2.18. The number of para-hydroxylation sites is 1. The minimum atomic E-state index is -0.155. The van der Waals surface area contributed by atoms with Gasteiger partial charge >= 0.3 is 0 Å². The predicted molar refractivity (Wildman–Crippen MR) is 72.5 cm³/mol. The number of hydrogen-bond acceptors (Lipinski definition) is 5. The second-order valence-electron chi connectivity index (χ2n) is 4.51. The largest absolute Gasteiger partial charge is 0.377 e. The molecule has 3 N–H and O–H groups in total. The van der Waals surface area contributed by atoms with Gasteiger partial charge in [0.15, 0.2) is 0 Å². The highest BCUT2D eigenvalue weighted by Gasteiger charge is 2.17. The monoisotopic (exact) mass is 261 g/mol. The molecule has 0 spiro atoms. The molecule has 0 fully saturated rings. The smallest absolute Gasteiger partial charge is 0.0883 e. The van der Waals surface area contributed by atoms with Gasteiger partial charge in [-0.15, -0.1) is 5.10 Å². The molecule has 0 aliphatic heterocycles. The molecule has 0 amide bonds. The molecule has 0 aliphatic carbocycles. The van der Waals surface area contributed by atoms with Crippen LogP contribution in [0.3, 0.4) is 0 Å². The lowest BCUT2D eigenvalue weighted by molar-refractivity contribution is 0.0599. The summed E-state index contributed by atoms with van der Waals surface area (Å²) in [5.74, 6) is 5.60. The average Bonchev–Trinajstić information content (AvgIpc) is 2.89. The first kappa shape index (κ1) is 13.7. The van der Waals surface area contributed by atoms with E-state index in [1.54, 1.807) is 10.9 Å². The van der Waals surface area contributed by atoms with Gasteiger partial charge in [0.2, 0.25) is 0 Å². The maximum atomic E-state index is 5.60. The number of hydrogen-bond donors (Lipinski definition) is 2. The summed E-state index contributed by atoms with van der Waals surface area (Å²) in [6, 6.07) is 9.65. The van der Waals surface area contributed by atoms with E-state index >= 15 is 0 Å². The van der Waals surface area contributed by atoms with E-state index in [1.807, 2.05) is 44.2 Å². The van der Waals surface area contributed by atoms with Crippen LogP contribution in [-0.4, -0.2) is 27.7 Å². The molecule has 1 unspecified atom stereocenters. The number of nitrogens with zero attached hydrogens (tertiary/aromatic N) is 3. The Bertz CT molecular complexity index is 497. The van der Waals surface area contributed by atoms with E-state index in [2.05, 4.69) is 15.7 Å². The van der Waals surface area contributed by atoms with E-state index in [9.17, 15) is 0 Å². The van der Waals surface area contributed by atoms with Crippen molar-refractivity contribution >= 4 is 0 Å². The van der Waals surface area contributed by atoms with Crippen LogP contribution in [0.4, 0.5) is 0 Å². The Morgan fingerprint density at radius 1 is 1.32 bits per heavy atom. The normalized spacial score (nSPS) is 12.8. The first-order chi connectivity index (χ1) is 9.22. The molecule has 1 aromatic carbocycles. The van der Waals surface area contributed by atoms with Crippen LogP contribution in [-0.2, 0) is 4.74 Å². The van der Waals surface area contributed by atoms with Gasteiger partial charge in [0.05, 0.1) is 36.3 Å². The fraction of sp³-hybridized carbons (Fsp3) is 0.385. The van der Waals surface area contributed by atoms with Gasteiger partial charge in [-0.2, -0.15) is 0 Å². The average molecular weight is 261 g/mol. The van der Waals surface area contributed by atoms with Crippen LogP contribution < -0.4 is 11.3 Å². The lowest BCUT2D eigenvalue weighted by Crippen LogP contribution is -2.33. The molecule has 1 aromatic heterocycles. The standard InChI is InChI=1S/C13H19N5O/c1-10(2)19-9-12(16-14)13-8-15-17-18(13)11-6-4-3-5-7-11/h3-8,10,12,16H,9,14H2,1-2H3. The minimum Gasteiger partial charge on any atom is -0.377 e. The number of benzene rings is 1. The van der Waals surface area contributed by atoms with E-state index in [0.717, 1.165) is 11.4 Å². The summed E-state index contributed by atoms with van der Waals surface area (Å²) in [6.07, 6.45) is 1.85. The predicted octanol–water partition coefficient (Wildman–Crippen LogP) is 1.20. The van der Waals surface area contributed by atoms with Crippen molar-refractivity contribution in [3.8, 4) is 5.69 Å². The number of nitrogens with two attached hydrogens (primary N) is 1. The summed E-state index contributed by atoms with van der Waals surface area (Å²) in [5, 5.41) is 8.05. The molecular formula is C13H19N5O. The topological polar surface area (TPSA) is 78.0 Å². The van der Waals surface area contributed by atoms with E-state index in [-0.39, 0.29) is 12.1 Å². The van der Waals surface area contributed by atoms with Crippen LogP contribution in [0, 0.1) is 0 Å². The molecule has 6 nitrogen and oxygen atoms in total. The minimum absolute atomic E-state index is 0.150. The highest BCUT2D eigenvalue weighted by molar-refractivity contribution is 5.32. The zero-order valence-electron chi connectivity index (χ0n) is 11.2. The summed E-state index contributed by atoms with van der Waals surface area (Å²) in [6.45, 7) is 4.44. The maximum absolute atomic E-state index is 5.60. The van der Waals surface area contributed by atoms with Crippen molar-refractivity contribution in [3.05, 3.63) is 42.2 Å². The third-order valence-electron chi connectivity index (χ3n) is 2.73. The Kier molecular flexibility index (Phi) is 4.62. The SMILES string of the molecule is CC(C)OCC(NN)c1cnnn1-c1ccccc1. The number of nitrogens with one attached hydrogen (secondary N) is 1. The second-order valence-corrected chi connectivity index (χ2v) is 4.51. The number of aromatic nitrogens is 3. The van der Waals surface area contributed by atoms with Crippen LogP contribution in [0.5, 0.6) is 0 Å². The van der Waals surface area contributed by atoms with Gasteiger partial charge in [-0.3, -0.25) is 5.84 Å². The third-order valence-corrected chi connectivity index (χ3v) is 2.73. The highest BCUT2D eigenvalue weighted by Crippen LogP contribution is 2.16. The van der Waals surface area contributed by atoms with E-state index < -0.39 is 0 Å². The van der Waals surface area contributed by atoms with Gasteiger partial charge in [0.1, 0.15) is 0 Å². The Balaban J connectivity index is 2.22. The summed E-state index contributed by atoms with van der Waals surface area (Å²) in [4.78, 5) is 0. The van der Waals surface area contributed by atoms with E-state index in [1.165, 1.54) is 0 Å². The Morgan fingerprint density at radius 2 is 2.05 bits per heavy atom. The number of rotatable bonds is 6. The Labute approximate surface area is 112 Å². The van der Waals surface area contributed by atoms with Gasteiger partial charge in [-0.25, -0.2) is 10.1 Å². The zero-order chi connectivity index (χ0) is 13.7. The summed E-state index contributed by atoms with van der Waals surface area (Å²) < 4.78 is 7.36. The van der Waals surface area contributed by atoms with Crippen LogP contribution in [0.1, 0.15) is 25.6 Å². The Morgan fingerprint density at radius 3 is 2.68 bits per heavy atom. The zero-order valence-corrected chi connectivity index (χ0v) is 11.2. The van der Waals surface area contributed by atoms with Crippen molar-refractivity contribution in [2.45, 2.75) is 26.0 Å². The van der Waals surface area contributed by atoms with Crippen molar-refractivity contribution in [2.24, 2.45) is 5.84 Å². The first-order valence-corrected chi connectivity index (χ1v) is 6.26. The van der Waals surface area contributed by atoms with Crippen molar-refractivity contribution in [2.75, 3.05) is 6.61 Å². The molecule has 2 aromatic rings. The maximum Gasteiger partial charge on any atom is 0.0883 e. The molecule has 0 bridgehead atoms. The van der Waals surface area contributed by atoms with E-state index in [4.69, 9.17) is 10.6 Å². The summed E-state index contributed by atoms with van der Waals surface area (Å²) in [7, 11) is 0. The molecule has 1 atom stereocenters. The van der Waals surface area contributed by atoms with Crippen LogP contribution in [0.25, 0.3) is 5.69 Å². The van der Waals surface area contributed by atoms with Crippen LogP contribution in [0.2, 0.25) is 0 Å². The van der Waals surface area contributed by atoms with Crippen LogP contribution >= 0.6 is 0 Å². The summed E-state index contributed by atoms with van der Waals surface area (Å²) in [5.41, 5.74) is 4.56. The van der Waals surface area contributed by atoms with Gasteiger partial charge in [0, 0.05) is 0 Å². The van der Waals surface area contributed by atoms with Crippen molar-refractivity contribution in [1.29, 1.82) is 0 Å². The molecule has 0 saturated heterocycles. The van der Waals surface area contributed by atoms with Crippen LogP contribution in [0.15, 0.2) is 36.5 Å². The van der Waals surface area contributed by atoms with E-state index in [0.29, 0.717) is 6.61 Å². The van der Waals surface area contributed by atoms with Crippen molar-refractivity contribution < 1.29 is 4.74 Å². The molecule has 2 rings (SSSR count). The lowest BCUT2D eigenvalue weighted by atomic mass is 10.2. The van der Waals surface area contributed by atoms with Gasteiger partial charge in [-0.05, 0) is 26.0 Å². The van der Waals surface area contributed by atoms with Crippen molar-refractivity contribution in [1.82, 2.24) is 20.4 Å². The molecule has 102 valence electrons. The summed E-state index contributed by atoms with van der Waals surface area (Å²) >= 11 is 0. The van der Waals surface area contributed by atoms with Gasteiger partial charge in [0.25, 0.3) is 0 Å². The number of ether oxygens (including phenoxy) is 1. The molecule has 6 heteroatoms. The second kappa shape index (κ2) is 6.42. The third kappa shape index (κ3) is 3.37. The highest BCUT2D eigenvalue weighted by atomic mass is 16.5. The molecule has 0 radical (unpaired) electrons. The Hall–Kier alpha value is -1.76. The fourth-order valence-electron chi connectivity index (χ4n) is 1.76. The quantitative estimate of drug-likeness (QED) is 0.603. The van der Waals surface area contributed by atoms with Crippen molar-refractivity contribution in [3.63, 3.8) is 0 Å². The molecular weight excluding hydrogens is 242 g/mol. The molecule has 0 saturated carbocycles. The molecule has 0 aliphatic rings. The number of hydrazine groups is 1. The van der Waals surface area contributed by atoms with Gasteiger partial charge in [-0.1, -0.05) is 23.4 Å². The fourth-order valence-corrected chi connectivity index (χ4v) is 1.76. The first-order valence-electron chi connectivity index (χ1n) is 6.26.